The van der Waals surface area contributed by atoms with Crippen LogP contribution in [0.1, 0.15) is 17.9 Å². The number of ether oxygens (including phenoxy) is 1. The number of halogens is 1. The van der Waals surface area contributed by atoms with Gasteiger partial charge in [0.15, 0.2) is 6.10 Å². The van der Waals surface area contributed by atoms with Gasteiger partial charge in [-0.25, -0.2) is 9.18 Å². The van der Waals surface area contributed by atoms with Crippen molar-refractivity contribution >= 4 is 11.9 Å². The van der Waals surface area contributed by atoms with E-state index in [-0.39, 0.29) is 36.7 Å². The number of benzene rings is 1. The number of carbonyl (C=O) groups excluding carboxylic acids is 1. The zero-order chi connectivity index (χ0) is 15.0. The van der Waals surface area contributed by atoms with Gasteiger partial charge in [0.2, 0.25) is 5.91 Å². The number of aliphatic carboxylic acids is 1. The van der Waals surface area contributed by atoms with E-state index < -0.39 is 12.1 Å². The van der Waals surface area contributed by atoms with Crippen LogP contribution in [0.2, 0.25) is 0 Å². The van der Waals surface area contributed by atoms with E-state index in [0.29, 0.717) is 13.0 Å². The fourth-order valence-corrected chi connectivity index (χ4v) is 2.81. The lowest BCUT2D eigenvalue weighted by Crippen LogP contribution is -2.49. The van der Waals surface area contributed by atoms with Gasteiger partial charge in [0.1, 0.15) is 5.82 Å². The molecule has 3 rings (SSSR count). The van der Waals surface area contributed by atoms with Gasteiger partial charge < -0.3 is 14.7 Å². The largest absolute Gasteiger partial charge is 0.479 e. The molecule has 1 saturated carbocycles. The number of amides is 1. The van der Waals surface area contributed by atoms with Crippen LogP contribution in [-0.4, -0.2) is 47.7 Å². The Bertz CT molecular complexity index is 577. The number of carbonyl (C=O) groups is 2. The van der Waals surface area contributed by atoms with E-state index >= 15 is 0 Å². The van der Waals surface area contributed by atoms with E-state index in [4.69, 9.17) is 9.84 Å². The quantitative estimate of drug-likeness (QED) is 0.910. The first-order chi connectivity index (χ1) is 10.1. The molecular formula is C15H16FNO4. The maximum absolute atomic E-state index is 13.2. The van der Waals surface area contributed by atoms with Crippen LogP contribution in [0.4, 0.5) is 4.39 Å². The van der Waals surface area contributed by atoms with Gasteiger partial charge in [0, 0.05) is 12.5 Å². The number of carboxylic acids is 1. The molecule has 1 saturated heterocycles. The number of rotatable bonds is 3. The number of hydrogen-bond acceptors (Lipinski definition) is 3. The van der Waals surface area contributed by atoms with E-state index in [1.807, 2.05) is 6.07 Å². The highest BCUT2D eigenvalue weighted by Gasteiger charge is 2.46. The average molecular weight is 293 g/mol. The average Bonchev–Trinajstić information content (AvgIpc) is 3.27. The Balaban J connectivity index is 1.63. The van der Waals surface area contributed by atoms with E-state index in [9.17, 15) is 14.0 Å². The first kappa shape index (κ1) is 14.0. The van der Waals surface area contributed by atoms with Gasteiger partial charge in [-0.3, -0.25) is 4.79 Å². The Morgan fingerprint density at radius 2 is 2.19 bits per heavy atom. The third-order valence-electron chi connectivity index (χ3n) is 4.04. The Morgan fingerprint density at radius 1 is 1.38 bits per heavy atom. The summed E-state index contributed by atoms with van der Waals surface area (Å²) in [6.07, 6.45) is -0.258. The monoisotopic (exact) mass is 293 g/mol. The van der Waals surface area contributed by atoms with Crippen molar-refractivity contribution in [1.29, 1.82) is 0 Å². The molecule has 21 heavy (non-hydrogen) atoms. The van der Waals surface area contributed by atoms with Crippen LogP contribution in [0.3, 0.4) is 0 Å². The Morgan fingerprint density at radius 3 is 2.90 bits per heavy atom. The summed E-state index contributed by atoms with van der Waals surface area (Å²) in [6.45, 7) is 0.732. The van der Waals surface area contributed by atoms with E-state index in [2.05, 4.69) is 0 Å². The van der Waals surface area contributed by atoms with Crippen molar-refractivity contribution < 1.29 is 23.8 Å². The van der Waals surface area contributed by atoms with Gasteiger partial charge in [0.05, 0.1) is 13.2 Å². The molecule has 1 N–H and O–H groups in total. The van der Waals surface area contributed by atoms with Gasteiger partial charge in [0.25, 0.3) is 0 Å². The molecule has 6 heteroatoms. The fourth-order valence-electron chi connectivity index (χ4n) is 2.81. The summed E-state index contributed by atoms with van der Waals surface area (Å²) < 4.78 is 18.3. The maximum Gasteiger partial charge on any atom is 0.334 e. The van der Waals surface area contributed by atoms with Crippen molar-refractivity contribution in [2.75, 3.05) is 19.7 Å². The number of morpholine rings is 1. The summed E-state index contributed by atoms with van der Waals surface area (Å²) >= 11 is 0. The van der Waals surface area contributed by atoms with Gasteiger partial charge in [-0.1, -0.05) is 12.1 Å². The first-order valence-corrected chi connectivity index (χ1v) is 6.95. The van der Waals surface area contributed by atoms with Crippen LogP contribution >= 0.6 is 0 Å². The lowest BCUT2D eigenvalue weighted by atomic mass is 10.1. The molecule has 1 aliphatic heterocycles. The van der Waals surface area contributed by atoms with Crippen molar-refractivity contribution in [3.05, 3.63) is 35.6 Å². The van der Waals surface area contributed by atoms with Gasteiger partial charge in [-0.2, -0.15) is 0 Å². The molecule has 2 aliphatic rings. The molecule has 5 nitrogen and oxygen atoms in total. The SMILES string of the molecule is O=C(O)[C@@H]1CN(C(=O)[C@H]2C[C@@H]2c2cccc(F)c2)CCO1. The molecule has 0 unspecified atom stereocenters. The van der Waals surface area contributed by atoms with Crippen LogP contribution < -0.4 is 0 Å². The Kier molecular flexibility index (Phi) is 3.63. The molecule has 112 valence electrons. The minimum absolute atomic E-state index is 0.0410. The van der Waals surface area contributed by atoms with Crippen LogP contribution in [0.15, 0.2) is 24.3 Å². The second kappa shape index (κ2) is 5.44. The molecule has 1 aliphatic carbocycles. The maximum atomic E-state index is 13.2. The molecule has 0 aromatic heterocycles. The lowest BCUT2D eigenvalue weighted by Gasteiger charge is -2.31. The summed E-state index contributed by atoms with van der Waals surface area (Å²) in [7, 11) is 0. The van der Waals surface area contributed by atoms with Crippen LogP contribution in [0, 0.1) is 11.7 Å². The lowest BCUT2D eigenvalue weighted by molar-refractivity contribution is -0.159. The topological polar surface area (TPSA) is 66.8 Å². The van der Waals surface area contributed by atoms with Gasteiger partial charge in [-0.15, -0.1) is 0 Å². The van der Waals surface area contributed by atoms with Gasteiger partial charge in [-0.05, 0) is 30.0 Å². The molecule has 2 fully saturated rings. The molecule has 0 spiro atoms. The van der Waals surface area contributed by atoms with Crippen LogP contribution in [0.25, 0.3) is 0 Å². The summed E-state index contributed by atoms with van der Waals surface area (Å²) in [5, 5.41) is 8.95. The molecule has 1 heterocycles. The zero-order valence-corrected chi connectivity index (χ0v) is 11.4. The molecule has 1 aromatic carbocycles. The van der Waals surface area contributed by atoms with E-state index in [1.165, 1.54) is 12.1 Å². The number of hydrogen-bond donors (Lipinski definition) is 1. The van der Waals surface area contributed by atoms with Gasteiger partial charge >= 0.3 is 5.97 Å². The minimum atomic E-state index is -1.05. The zero-order valence-electron chi connectivity index (χ0n) is 11.4. The molecule has 3 atom stereocenters. The minimum Gasteiger partial charge on any atom is -0.479 e. The fraction of sp³-hybridized carbons (Fsp3) is 0.467. The van der Waals surface area contributed by atoms with Crippen molar-refractivity contribution in [1.82, 2.24) is 4.90 Å². The Hall–Kier alpha value is -1.95. The summed E-state index contributed by atoms with van der Waals surface area (Å²) in [4.78, 5) is 24.9. The van der Waals surface area contributed by atoms with Crippen LogP contribution in [0.5, 0.6) is 0 Å². The number of nitrogens with zero attached hydrogens (tertiary/aromatic N) is 1. The van der Waals surface area contributed by atoms with Crippen molar-refractivity contribution in [3.8, 4) is 0 Å². The summed E-state index contributed by atoms with van der Waals surface area (Å²) in [6, 6.07) is 6.29. The third-order valence-corrected chi connectivity index (χ3v) is 4.04. The molecule has 0 radical (unpaired) electrons. The molecule has 1 amide bonds. The van der Waals surface area contributed by atoms with E-state index in [0.717, 1.165) is 5.56 Å². The van der Waals surface area contributed by atoms with Crippen molar-refractivity contribution in [3.63, 3.8) is 0 Å². The highest BCUT2D eigenvalue weighted by molar-refractivity contribution is 5.84. The third kappa shape index (κ3) is 2.90. The number of carboxylic acid groups (broad SMARTS) is 1. The standard InChI is InChI=1S/C15H16FNO4/c16-10-3-1-2-9(6-10)11-7-12(11)14(18)17-4-5-21-13(8-17)15(19)20/h1-3,6,11-13H,4-5,7-8H2,(H,19,20)/t11-,12+,13+/m1/s1. The highest BCUT2D eigenvalue weighted by Crippen LogP contribution is 2.48. The van der Waals surface area contributed by atoms with Crippen LogP contribution in [-0.2, 0) is 14.3 Å². The Labute approximate surface area is 121 Å². The predicted octanol–water partition coefficient (Wildman–Crippen LogP) is 1.24. The second-order valence-electron chi connectivity index (χ2n) is 5.49. The molecule has 0 bridgehead atoms. The van der Waals surface area contributed by atoms with Crippen molar-refractivity contribution in [2.24, 2.45) is 5.92 Å². The van der Waals surface area contributed by atoms with E-state index in [1.54, 1.807) is 11.0 Å². The predicted molar refractivity (Wildman–Crippen MR) is 71.2 cm³/mol. The summed E-state index contributed by atoms with van der Waals surface area (Å²) in [5.74, 6) is -1.54. The second-order valence-corrected chi connectivity index (χ2v) is 5.49. The smallest absolute Gasteiger partial charge is 0.334 e. The first-order valence-electron chi connectivity index (χ1n) is 6.95. The normalized spacial score (nSPS) is 28.2. The highest BCUT2D eigenvalue weighted by atomic mass is 19.1. The van der Waals surface area contributed by atoms with Crippen molar-refractivity contribution in [2.45, 2.75) is 18.4 Å². The molecule has 1 aromatic rings. The molecular weight excluding hydrogens is 277 g/mol. The summed E-state index contributed by atoms with van der Waals surface area (Å²) in [5.41, 5.74) is 0.830.